The van der Waals surface area contributed by atoms with Crippen LogP contribution in [0.5, 0.6) is 0 Å². The van der Waals surface area contributed by atoms with Crippen molar-refractivity contribution in [3.8, 4) is 0 Å². The monoisotopic (exact) mass is 267 g/mol. The van der Waals surface area contributed by atoms with E-state index >= 15 is 0 Å². The molecule has 1 unspecified atom stereocenters. The fourth-order valence-corrected chi connectivity index (χ4v) is 2.56. The minimum absolute atomic E-state index is 0.425. The van der Waals surface area contributed by atoms with Gasteiger partial charge in [0, 0.05) is 6.04 Å². The maximum atomic E-state index is 6.09. The van der Waals surface area contributed by atoms with E-state index < -0.39 is 0 Å². The van der Waals surface area contributed by atoms with E-state index in [0.29, 0.717) is 6.04 Å². The van der Waals surface area contributed by atoms with Crippen molar-refractivity contribution in [3.63, 3.8) is 0 Å². The summed E-state index contributed by atoms with van der Waals surface area (Å²) in [7, 11) is 0. The summed E-state index contributed by atoms with van der Waals surface area (Å²) in [5.74, 6) is 0. The number of rotatable bonds is 15. The lowest BCUT2D eigenvalue weighted by Crippen LogP contribution is -2.19. The molecule has 0 fully saturated rings. The molecule has 1 heteroatoms. The van der Waals surface area contributed by atoms with Gasteiger partial charge in [0.1, 0.15) is 0 Å². The zero-order valence-corrected chi connectivity index (χ0v) is 13.3. The third-order valence-electron chi connectivity index (χ3n) is 3.91. The van der Waals surface area contributed by atoms with Gasteiger partial charge in [0.05, 0.1) is 0 Å². The van der Waals surface area contributed by atoms with Crippen LogP contribution in [0.4, 0.5) is 0 Å². The quantitative estimate of drug-likeness (QED) is 0.286. The van der Waals surface area contributed by atoms with Gasteiger partial charge in [0.2, 0.25) is 0 Å². The van der Waals surface area contributed by atoms with Crippen LogP contribution in [0.15, 0.2) is 12.7 Å². The van der Waals surface area contributed by atoms with E-state index in [-0.39, 0.29) is 0 Å². The van der Waals surface area contributed by atoms with Crippen LogP contribution >= 0.6 is 0 Å². The molecule has 0 radical (unpaired) electrons. The molecule has 0 amide bonds. The van der Waals surface area contributed by atoms with Crippen LogP contribution in [0, 0.1) is 0 Å². The molecule has 2 N–H and O–H groups in total. The van der Waals surface area contributed by atoms with Crippen LogP contribution < -0.4 is 5.73 Å². The average Bonchev–Trinajstić information content (AvgIpc) is 2.41. The second-order valence-electron chi connectivity index (χ2n) is 5.95. The van der Waals surface area contributed by atoms with Gasteiger partial charge in [-0.1, -0.05) is 77.2 Å². The van der Waals surface area contributed by atoms with Gasteiger partial charge in [-0.2, -0.15) is 0 Å². The summed E-state index contributed by atoms with van der Waals surface area (Å²) < 4.78 is 0. The second kappa shape index (κ2) is 15.8. The first-order valence-electron chi connectivity index (χ1n) is 8.67. The van der Waals surface area contributed by atoms with Crippen LogP contribution in [0.25, 0.3) is 0 Å². The Labute approximate surface area is 122 Å². The first-order valence-corrected chi connectivity index (χ1v) is 8.67. The van der Waals surface area contributed by atoms with Crippen molar-refractivity contribution in [1.82, 2.24) is 0 Å². The van der Waals surface area contributed by atoms with Crippen molar-refractivity contribution in [2.45, 2.75) is 103 Å². The molecule has 0 aliphatic heterocycles. The Hall–Kier alpha value is -0.300. The highest BCUT2D eigenvalue weighted by Gasteiger charge is 2.01. The van der Waals surface area contributed by atoms with Gasteiger partial charge in [0.15, 0.2) is 0 Å². The lowest BCUT2D eigenvalue weighted by atomic mass is 10.0. The summed E-state index contributed by atoms with van der Waals surface area (Å²) in [6.07, 6.45) is 20.8. The van der Waals surface area contributed by atoms with Gasteiger partial charge in [-0.15, -0.1) is 6.58 Å². The standard InChI is InChI=1S/C18H37N/c1-3-5-7-8-9-10-11-12-13-15-17-18(19)16-14-6-4-2/h4,18H,2-3,5-17,19H2,1H3. The summed E-state index contributed by atoms with van der Waals surface area (Å²) in [6.45, 7) is 6.02. The molecule has 0 aliphatic carbocycles. The Kier molecular flexibility index (Phi) is 15.5. The molecule has 0 aliphatic rings. The van der Waals surface area contributed by atoms with Gasteiger partial charge >= 0.3 is 0 Å². The normalized spacial score (nSPS) is 12.5. The van der Waals surface area contributed by atoms with E-state index in [1.165, 1.54) is 83.5 Å². The predicted molar refractivity (Wildman–Crippen MR) is 88.5 cm³/mol. The maximum Gasteiger partial charge on any atom is 0.00389 e. The minimum atomic E-state index is 0.425. The number of nitrogens with two attached hydrogens (primary N) is 1. The zero-order chi connectivity index (χ0) is 14.2. The average molecular weight is 268 g/mol. The van der Waals surface area contributed by atoms with Crippen LogP contribution in [0.3, 0.4) is 0 Å². The van der Waals surface area contributed by atoms with Crippen LogP contribution in [-0.2, 0) is 0 Å². The van der Waals surface area contributed by atoms with Crippen molar-refractivity contribution < 1.29 is 0 Å². The molecule has 0 aromatic rings. The van der Waals surface area contributed by atoms with Gasteiger partial charge in [-0.05, 0) is 25.7 Å². The van der Waals surface area contributed by atoms with Crippen molar-refractivity contribution >= 4 is 0 Å². The maximum absolute atomic E-state index is 6.09. The highest BCUT2D eigenvalue weighted by Crippen LogP contribution is 2.13. The summed E-state index contributed by atoms with van der Waals surface area (Å²) in [5.41, 5.74) is 6.09. The molecule has 114 valence electrons. The Bertz CT molecular complexity index is 177. The highest BCUT2D eigenvalue weighted by molar-refractivity contribution is 4.69. The SMILES string of the molecule is C=CCCCC(N)CCCCCCCCCCCC. The Balaban J connectivity index is 3.07. The Morgan fingerprint density at radius 1 is 0.789 bits per heavy atom. The first kappa shape index (κ1) is 18.7. The molecular weight excluding hydrogens is 230 g/mol. The molecule has 19 heavy (non-hydrogen) atoms. The van der Waals surface area contributed by atoms with Crippen LogP contribution in [-0.4, -0.2) is 6.04 Å². The third kappa shape index (κ3) is 15.6. The summed E-state index contributed by atoms with van der Waals surface area (Å²) in [6, 6.07) is 0.425. The summed E-state index contributed by atoms with van der Waals surface area (Å²) in [4.78, 5) is 0. The molecule has 0 saturated carbocycles. The largest absolute Gasteiger partial charge is 0.328 e. The van der Waals surface area contributed by atoms with Gasteiger partial charge in [0.25, 0.3) is 0 Å². The van der Waals surface area contributed by atoms with Crippen LogP contribution in [0.2, 0.25) is 0 Å². The highest BCUT2D eigenvalue weighted by atomic mass is 14.6. The smallest absolute Gasteiger partial charge is 0.00389 e. The van der Waals surface area contributed by atoms with Crippen molar-refractivity contribution in [2.24, 2.45) is 5.73 Å². The van der Waals surface area contributed by atoms with Gasteiger partial charge in [-0.3, -0.25) is 0 Å². The molecular formula is C18H37N. The third-order valence-corrected chi connectivity index (χ3v) is 3.91. The zero-order valence-electron chi connectivity index (χ0n) is 13.3. The fourth-order valence-electron chi connectivity index (χ4n) is 2.56. The Morgan fingerprint density at radius 3 is 1.79 bits per heavy atom. The molecule has 0 aromatic carbocycles. The molecule has 1 nitrogen and oxygen atoms in total. The van der Waals surface area contributed by atoms with E-state index in [2.05, 4.69) is 13.5 Å². The number of hydrogen-bond donors (Lipinski definition) is 1. The molecule has 0 aromatic heterocycles. The Morgan fingerprint density at radius 2 is 1.26 bits per heavy atom. The fraction of sp³-hybridized carbons (Fsp3) is 0.889. The molecule has 0 heterocycles. The lowest BCUT2D eigenvalue weighted by Gasteiger charge is -2.10. The van der Waals surface area contributed by atoms with Crippen molar-refractivity contribution in [1.29, 1.82) is 0 Å². The lowest BCUT2D eigenvalue weighted by molar-refractivity contribution is 0.497. The number of unbranched alkanes of at least 4 members (excludes halogenated alkanes) is 10. The second-order valence-corrected chi connectivity index (χ2v) is 5.95. The van der Waals surface area contributed by atoms with Gasteiger partial charge in [-0.25, -0.2) is 0 Å². The molecule has 0 bridgehead atoms. The minimum Gasteiger partial charge on any atom is -0.328 e. The van der Waals surface area contributed by atoms with E-state index in [1.54, 1.807) is 0 Å². The van der Waals surface area contributed by atoms with E-state index in [9.17, 15) is 0 Å². The van der Waals surface area contributed by atoms with E-state index in [0.717, 1.165) is 6.42 Å². The number of allylic oxidation sites excluding steroid dienone is 1. The molecule has 0 spiro atoms. The summed E-state index contributed by atoms with van der Waals surface area (Å²) >= 11 is 0. The van der Waals surface area contributed by atoms with E-state index in [4.69, 9.17) is 5.73 Å². The van der Waals surface area contributed by atoms with Crippen molar-refractivity contribution in [2.75, 3.05) is 0 Å². The van der Waals surface area contributed by atoms with E-state index in [1.807, 2.05) is 6.08 Å². The topological polar surface area (TPSA) is 26.0 Å². The number of hydrogen-bond acceptors (Lipinski definition) is 1. The first-order chi connectivity index (χ1) is 9.31. The van der Waals surface area contributed by atoms with Crippen LogP contribution in [0.1, 0.15) is 96.8 Å². The summed E-state index contributed by atoms with van der Waals surface area (Å²) in [5, 5.41) is 0. The molecule has 0 saturated heterocycles. The predicted octanol–water partition coefficient (Wildman–Crippen LogP) is 5.98. The van der Waals surface area contributed by atoms with Gasteiger partial charge < -0.3 is 5.73 Å². The molecule has 1 atom stereocenters. The van der Waals surface area contributed by atoms with Crippen molar-refractivity contribution in [3.05, 3.63) is 12.7 Å². The molecule has 0 rings (SSSR count).